The first kappa shape index (κ1) is 46.7. The Morgan fingerprint density at radius 2 is 0.938 bits per heavy atom. The first-order chi connectivity index (χ1) is 23.0. The molecule has 0 bridgehead atoms. The molecule has 0 aliphatic heterocycles. The van der Waals surface area contributed by atoms with Crippen molar-refractivity contribution in [2.75, 3.05) is 52.8 Å². The van der Waals surface area contributed by atoms with Crippen LogP contribution in [0.4, 0.5) is 0 Å². The Morgan fingerprint density at radius 1 is 0.542 bits per heavy atom. The first-order valence-electron chi connectivity index (χ1n) is 18.8. The molecule has 2 atom stereocenters. The lowest BCUT2D eigenvalue weighted by molar-refractivity contribution is -0.144. The number of Topliss-reactive ketones (excluding diaryl/α,β-unsaturated/α-hetero) is 1. The van der Waals surface area contributed by atoms with Gasteiger partial charge in [-0.1, -0.05) is 111 Å². The maximum atomic E-state index is 12.4. The minimum atomic E-state index is -1.03. The summed E-state index contributed by atoms with van der Waals surface area (Å²) in [6.07, 6.45) is 22.5. The minimum absolute atomic E-state index is 0.0302. The van der Waals surface area contributed by atoms with Crippen LogP contribution in [0.25, 0.3) is 0 Å². The molecular formula is C37H71N3O6S2. The third-order valence-corrected chi connectivity index (χ3v) is 11.1. The molecular weight excluding hydrogens is 647 g/mol. The maximum Gasteiger partial charge on any atom is 0.326 e. The fourth-order valence-corrected chi connectivity index (χ4v) is 7.86. The number of rotatable bonds is 36. The zero-order valence-corrected chi connectivity index (χ0v) is 32.6. The van der Waals surface area contributed by atoms with Crippen molar-refractivity contribution >= 4 is 45.2 Å². The standard InChI is InChI=1S/C37H71N3O6S2/c1-39(2)27-21-17-13-9-5-7-11-15-19-23-33(41)31-32(36(43)44)25-29-47-48-30-26-34(37(45)46)38-35(42)24-20-16-12-8-6-10-14-18-22-28-40(3)4/h32,34H,5-31H2,1-4H3,(H,38,42)(H,43,44)(H,45,46). The summed E-state index contributed by atoms with van der Waals surface area (Å²) >= 11 is 0. The fraction of sp³-hybridized carbons (Fsp3) is 0.892. The molecule has 0 aromatic rings. The first-order valence-corrected chi connectivity index (χ1v) is 21.3. The molecule has 0 rings (SSSR count). The molecule has 0 saturated heterocycles. The van der Waals surface area contributed by atoms with Gasteiger partial charge in [-0.25, -0.2) is 4.79 Å². The third-order valence-electron chi connectivity index (χ3n) is 8.65. The van der Waals surface area contributed by atoms with Gasteiger partial charge in [0, 0.05) is 30.8 Å². The molecule has 0 radical (unpaired) electrons. The Labute approximate surface area is 301 Å². The number of ketones is 1. The second-order valence-electron chi connectivity index (χ2n) is 13.9. The smallest absolute Gasteiger partial charge is 0.326 e. The lowest BCUT2D eigenvalue weighted by Crippen LogP contribution is -2.41. The van der Waals surface area contributed by atoms with Crippen molar-refractivity contribution in [3.63, 3.8) is 0 Å². The van der Waals surface area contributed by atoms with Crippen LogP contribution in [0.2, 0.25) is 0 Å². The molecule has 0 aliphatic carbocycles. The van der Waals surface area contributed by atoms with Gasteiger partial charge in [-0.05, 0) is 79.8 Å². The lowest BCUT2D eigenvalue weighted by atomic mass is 9.97. The average Bonchev–Trinajstić information content (AvgIpc) is 3.02. The van der Waals surface area contributed by atoms with Crippen LogP contribution in [-0.4, -0.2) is 102 Å². The number of nitrogens with zero attached hydrogens (tertiary/aromatic N) is 2. The Morgan fingerprint density at radius 3 is 1.35 bits per heavy atom. The van der Waals surface area contributed by atoms with Crippen LogP contribution in [0.5, 0.6) is 0 Å². The van der Waals surface area contributed by atoms with E-state index in [1.165, 1.54) is 98.6 Å². The lowest BCUT2D eigenvalue weighted by Gasteiger charge is -2.14. The molecule has 0 saturated carbocycles. The normalized spacial score (nSPS) is 12.8. The molecule has 0 spiro atoms. The third kappa shape index (κ3) is 31.9. The Balaban J connectivity index is 3.92. The molecule has 1 amide bonds. The van der Waals surface area contributed by atoms with Crippen molar-refractivity contribution < 1.29 is 29.4 Å². The number of carboxylic acid groups (broad SMARTS) is 2. The van der Waals surface area contributed by atoms with E-state index in [1.807, 2.05) is 0 Å². The number of unbranched alkanes of at least 4 members (excludes halogenated alkanes) is 16. The summed E-state index contributed by atoms with van der Waals surface area (Å²) in [4.78, 5) is 52.6. The molecule has 9 nitrogen and oxygen atoms in total. The van der Waals surface area contributed by atoms with E-state index in [0.29, 0.717) is 37.2 Å². The highest BCUT2D eigenvalue weighted by molar-refractivity contribution is 8.76. The summed E-state index contributed by atoms with van der Waals surface area (Å²) in [7, 11) is 11.4. The number of carbonyl (C=O) groups excluding carboxylic acids is 2. The van der Waals surface area contributed by atoms with Crippen molar-refractivity contribution in [1.29, 1.82) is 0 Å². The fourth-order valence-electron chi connectivity index (χ4n) is 5.63. The highest BCUT2D eigenvalue weighted by Gasteiger charge is 2.22. The van der Waals surface area contributed by atoms with Crippen LogP contribution in [0, 0.1) is 5.92 Å². The molecule has 2 unspecified atom stereocenters. The zero-order valence-electron chi connectivity index (χ0n) is 31.0. The van der Waals surface area contributed by atoms with Gasteiger partial charge in [-0.15, -0.1) is 0 Å². The van der Waals surface area contributed by atoms with Crippen LogP contribution in [0.3, 0.4) is 0 Å². The quantitative estimate of drug-likeness (QED) is 0.0430. The number of hydrogen-bond acceptors (Lipinski definition) is 8. The van der Waals surface area contributed by atoms with Gasteiger partial charge >= 0.3 is 11.9 Å². The second kappa shape index (κ2) is 32.9. The monoisotopic (exact) mass is 717 g/mol. The van der Waals surface area contributed by atoms with Crippen LogP contribution in [0.15, 0.2) is 0 Å². The molecule has 0 aliphatic rings. The summed E-state index contributed by atoms with van der Waals surface area (Å²) in [6, 6.07) is -0.916. The van der Waals surface area contributed by atoms with Crippen molar-refractivity contribution in [2.45, 2.75) is 154 Å². The van der Waals surface area contributed by atoms with E-state index in [1.54, 1.807) is 0 Å². The largest absolute Gasteiger partial charge is 0.481 e. The molecule has 0 aromatic carbocycles. The summed E-state index contributed by atoms with van der Waals surface area (Å²) < 4.78 is 0. The van der Waals surface area contributed by atoms with Gasteiger partial charge in [0.2, 0.25) is 5.91 Å². The van der Waals surface area contributed by atoms with Gasteiger partial charge in [0.05, 0.1) is 5.92 Å². The number of carbonyl (C=O) groups is 4. The Kier molecular flexibility index (Phi) is 32.0. The van der Waals surface area contributed by atoms with Gasteiger partial charge < -0.3 is 25.3 Å². The number of nitrogens with one attached hydrogen (secondary N) is 1. The highest BCUT2D eigenvalue weighted by atomic mass is 33.1. The van der Waals surface area contributed by atoms with E-state index in [4.69, 9.17) is 0 Å². The summed E-state index contributed by atoms with van der Waals surface area (Å²) in [5.74, 6) is -1.72. The predicted octanol–water partition coefficient (Wildman–Crippen LogP) is 8.30. The number of hydrogen-bond donors (Lipinski definition) is 3. The van der Waals surface area contributed by atoms with Gasteiger partial charge in [-0.3, -0.25) is 14.4 Å². The van der Waals surface area contributed by atoms with Gasteiger partial charge in [0.1, 0.15) is 11.8 Å². The van der Waals surface area contributed by atoms with Gasteiger partial charge in [0.25, 0.3) is 0 Å². The molecule has 0 fully saturated rings. The Hall–Kier alpha value is -1.30. The van der Waals surface area contributed by atoms with E-state index in [0.717, 1.165) is 51.6 Å². The molecule has 0 aromatic heterocycles. The topological polar surface area (TPSA) is 127 Å². The molecule has 282 valence electrons. The second-order valence-corrected chi connectivity index (χ2v) is 16.6. The van der Waals surface area contributed by atoms with Crippen molar-refractivity contribution in [1.82, 2.24) is 15.1 Å². The summed E-state index contributed by atoms with van der Waals surface area (Å²) in [5.41, 5.74) is 0. The van der Waals surface area contributed by atoms with Gasteiger partial charge in [0.15, 0.2) is 0 Å². The summed E-state index contributed by atoms with van der Waals surface area (Å²) in [6.45, 7) is 2.31. The Bertz CT molecular complexity index is 765. The van der Waals surface area contributed by atoms with E-state index in [2.05, 4.69) is 43.3 Å². The van der Waals surface area contributed by atoms with E-state index in [-0.39, 0.29) is 18.1 Å². The van der Waals surface area contributed by atoms with Crippen LogP contribution in [-0.2, 0) is 19.2 Å². The van der Waals surface area contributed by atoms with Crippen LogP contribution >= 0.6 is 21.6 Å². The zero-order chi connectivity index (χ0) is 35.8. The number of carboxylic acids is 2. The molecule has 0 heterocycles. The number of aliphatic carboxylic acids is 2. The average molecular weight is 718 g/mol. The summed E-state index contributed by atoms with van der Waals surface area (Å²) in [5, 5.41) is 21.8. The molecule has 3 N–H and O–H groups in total. The minimum Gasteiger partial charge on any atom is -0.481 e. The SMILES string of the molecule is CN(C)CCCCCCCCCCCC(=O)CC(CCSSCCC(NC(=O)CCCCCCCCCCCN(C)C)C(=O)O)C(=O)O. The molecule has 48 heavy (non-hydrogen) atoms. The van der Waals surface area contributed by atoms with Crippen LogP contribution < -0.4 is 5.32 Å². The van der Waals surface area contributed by atoms with E-state index >= 15 is 0 Å². The molecule has 11 heteroatoms. The predicted molar refractivity (Wildman–Crippen MR) is 204 cm³/mol. The maximum absolute atomic E-state index is 12.4. The van der Waals surface area contributed by atoms with E-state index in [9.17, 15) is 29.4 Å². The van der Waals surface area contributed by atoms with Crippen LogP contribution in [0.1, 0.15) is 148 Å². The van der Waals surface area contributed by atoms with Gasteiger partial charge in [-0.2, -0.15) is 0 Å². The van der Waals surface area contributed by atoms with Crippen molar-refractivity contribution in [3.8, 4) is 0 Å². The van der Waals surface area contributed by atoms with E-state index < -0.39 is 23.9 Å². The number of amides is 1. The highest BCUT2D eigenvalue weighted by Crippen LogP contribution is 2.26. The van der Waals surface area contributed by atoms with Crippen molar-refractivity contribution in [3.05, 3.63) is 0 Å². The van der Waals surface area contributed by atoms with Crippen molar-refractivity contribution in [2.24, 2.45) is 5.92 Å².